The minimum Gasteiger partial charge on any atom is -0.352 e. The molecule has 3 rings (SSSR count). The minimum atomic E-state index is -0.261. The van der Waals surface area contributed by atoms with E-state index in [1.165, 1.54) is 12.1 Å². The van der Waals surface area contributed by atoms with Gasteiger partial charge in [0.15, 0.2) is 0 Å². The normalized spacial score (nSPS) is 10.7. The molecule has 21 heavy (non-hydrogen) atoms. The van der Waals surface area contributed by atoms with Gasteiger partial charge in [0, 0.05) is 12.1 Å². The van der Waals surface area contributed by atoms with Crippen LogP contribution in [0.25, 0.3) is 11.0 Å². The molecule has 2 N–H and O–H groups in total. The van der Waals surface area contributed by atoms with Gasteiger partial charge in [-0.1, -0.05) is 12.1 Å². The maximum Gasteiger partial charge on any atom is 0.251 e. The van der Waals surface area contributed by atoms with Gasteiger partial charge in [-0.15, -0.1) is 0 Å². The minimum absolute atomic E-state index is 0.150. The lowest BCUT2D eigenvalue weighted by Crippen LogP contribution is -2.25. The highest BCUT2D eigenvalue weighted by Gasteiger charge is 2.07. The lowest BCUT2D eigenvalue weighted by molar-refractivity contribution is 0.0954. The summed E-state index contributed by atoms with van der Waals surface area (Å²) in [5.41, 5.74) is 3.09. The zero-order valence-electron chi connectivity index (χ0n) is 11.3. The summed E-state index contributed by atoms with van der Waals surface area (Å²) in [5, 5.41) is 2.83. The van der Waals surface area contributed by atoms with Crippen LogP contribution in [0.4, 0.5) is 4.39 Å². The molecule has 0 fully saturated rings. The molecule has 5 heteroatoms. The Morgan fingerprint density at radius 3 is 3.00 bits per heavy atom. The third-order valence-electron chi connectivity index (χ3n) is 3.27. The number of rotatable bonds is 4. The molecule has 0 aliphatic heterocycles. The molecule has 106 valence electrons. The predicted octanol–water partition coefficient (Wildman–Crippen LogP) is 2.67. The van der Waals surface area contributed by atoms with E-state index in [1.807, 2.05) is 6.07 Å². The van der Waals surface area contributed by atoms with Crippen LogP contribution in [0.2, 0.25) is 0 Å². The van der Waals surface area contributed by atoms with Gasteiger partial charge in [-0.05, 0) is 42.3 Å². The SMILES string of the molecule is O=C(NCCc1cccc(F)c1)c1ccc2nc[nH]c2c1. The Morgan fingerprint density at radius 2 is 2.14 bits per heavy atom. The fourth-order valence-electron chi connectivity index (χ4n) is 2.19. The molecule has 3 aromatic rings. The van der Waals surface area contributed by atoms with Crippen molar-refractivity contribution in [3.8, 4) is 0 Å². The summed E-state index contributed by atoms with van der Waals surface area (Å²) in [4.78, 5) is 19.1. The number of amides is 1. The molecular weight excluding hydrogens is 269 g/mol. The molecule has 4 nitrogen and oxygen atoms in total. The molecule has 1 amide bonds. The third kappa shape index (κ3) is 3.08. The van der Waals surface area contributed by atoms with Crippen LogP contribution in [0.1, 0.15) is 15.9 Å². The molecule has 0 spiro atoms. The highest BCUT2D eigenvalue weighted by molar-refractivity contribution is 5.97. The number of benzene rings is 2. The lowest BCUT2D eigenvalue weighted by Gasteiger charge is -2.05. The largest absolute Gasteiger partial charge is 0.352 e. The second kappa shape index (κ2) is 5.75. The van der Waals surface area contributed by atoms with Crippen LogP contribution in [0, 0.1) is 5.82 Å². The van der Waals surface area contributed by atoms with E-state index in [1.54, 1.807) is 30.6 Å². The zero-order valence-corrected chi connectivity index (χ0v) is 11.3. The summed E-state index contributed by atoms with van der Waals surface area (Å²) in [5.74, 6) is -0.411. The fourth-order valence-corrected chi connectivity index (χ4v) is 2.19. The van der Waals surface area contributed by atoms with Gasteiger partial charge in [-0.3, -0.25) is 4.79 Å². The molecule has 1 aromatic heterocycles. The van der Waals surface area contributed by atoms with Crippen molar-refractivity contribution in [3.05, 3.63) is 65.7 Å². The smallest absolute Gasteiger partial charge is 0.251 e. The van der Waals surface area contributed by atoms with E-state index in [2.05, 4.69) is 15.3 Å². The summed E-state index contributed by atoms with van der Waals surface area (Å²) in [7, 11) is 0. The third-order valence-corrected chi connectivity index (χ3v) is 3.27. The predicted molar refractivity (Wildman–Crippen MR) is 78.5 cm³/mol. The number of hydrogen-bond acceptors (Lipinski definition) is 2. The number of aromatic nitrogens is 2. The van der Waals surface area contributed by atoms with E-state index >= 15 is 0 Å². The van der Waals surface area contributed by atoms with Crippen molar-refractivity contribution in [2.45, 2.75) is 6.42 Å². The number of nitrogens with zero attached hydrogens (tertiary/aromatic N) is 1. The number of carbonyl (C=O) groups is 1. The van der Waals surface area contributed by atoms with Crippen molar-refractivity contribution in [2.24, 2.45) is 0 Å². The van der Waals surface area contributed by atoms with Crippen molar-refractivity contribution in [1.29, 1.82) is 0 Å². The van der Waals surface area contributed by atoms with Crippen molar-refractivity contribution < 1.29 is 9.18 Å². The first-order valence-corrected chi connectivity index (χ1v) is 6.68. The van der Waals surface area contributed by atoms with Crippen molar-refractivity contribution >= 4 is 16.9 Å². The van der Waals surface area contributed by atoms with Crippen LogP contribution < -0.4 is 5.32 Å². The summed E-state index contributed by atoms with van der Waals surface area (Å²) in [6, 6.07) is 11.7. The van der Waals surface area contributed by atoms with Gasteiger partial charge < -0.3 is 10.3 Å². The van der Waals surface area contributed by atoms with Crippen LogP contribution in [-0.4, -0.2) is 22.4 Å². The monoisotopic (exact) mass is 283 g/mol. The molecule has 1 heterocycles. The Labute approximate surface area is 121 Å². The highest BCUT2D eigenvalue weighted by Crippen LogP contribution is 2.11. The summed E-state index contributed by atoms with van der Waals surface area (Å²) in [6.07, 6.45) is 2.19. The number of nitrogens with one attached hydrogen (secondary N) is 2. The Kier molecular flexibility index (Phi) is 3.64. The average Bonchev–Trinajstić information content (AvgIpc) is 2.94. The summed E-state index contributed by atoms with van der Waals surface area (Å²) < 4.78 is 13.0. The number of fused-ring (bicyclic) bond motifs is 1. The summed E-state index contributed by atoms with van der Waals surface area (Å²) in [6.45, 7) is 0.462. The highest BCUT2D eigenvalue weighted by atomic mass is 19.1. The number of H-pyrrole nitrogens is 1. The van der Waals surface area contributed by atoms with Crippen LogP contribution in [0.5, 0.6) is 0 Å². The number of imidazole rings is 1. The number of halogens is 1. The molecule has 0 atom stereocenters. The lowest BCUT2D eigenvalue weighted by atomic mass is 10.1. The second-order valence-electron chi connectivity index (χ2n) is 4.77. The van der Waals surface area contributed by atoms with Crippen molar-refractivity contribution in [2.75, 3.05) is 6.54 Å². The van der Waals surface area contributed by atoms with Crippen LogP contribution in [0.3, 0.4) is 0 Å². The standard InChI is InChI=1S/C16H14FN3O/c17-13-3-1-2-11(8-13)6-7-18-16(21)12-4-5-14-15(9-12)20-10-19-14/h1-5,8-10H,6-7H2,(H,18,21)(H,19,20). The zero-order chi connectivity index (χ0) is 14.7. The number of carbonyl (C=O) groups excluding carboxylic acids is 1. The van der Waals surface area contributed by atoms with Crippen LogP contribution in [0.15, 0.2) is 48.8 Å². The van der Waals surface area contributed by atoms with E-state index < -0.39 is 0 Å². The first kappa shape index (κ1) is 13.3. The van der Waals surface area contributed by atoms with Gasteiger partial charge in [0.25, 0.3) is 5.91 Å². The first-order chi connectivity index (χ1) is 10.2. The van der Waals surface area contributed by atoms with E-state index in [4.69, 9.17) is 0 Å². The molecule has 0 bridgehead atoms. The Bertz CT molecular complexity index is 782. The van der Waals surface area contributed by atoms with Gasteiger partial charge in [-0.25, -0.2) is 9.37 Å². The van der Waals surface area contributed by atoms with Crippen molar-refractivity contribution in [3.63, 3.8) is 0 Å². The van der Waals surface area contributed by atoms with E-state index in [-0.39, 0.29) is 11.7 Å². The Morgan fingerprint density at radius 1 is 1.24 bits per heavy atom. The molecule has 0 aliphatic carbocycles. The van der Waals surface area contributed by atoms with E-state index in [0.717, 1.165) is 16.6 Å². The van der Waals surface area contributed by atoms with Crippen LogP contribution >= 0.6 is 0 Å². The average molecular weight is 283 g/mol. The van der Waals surface area contributed by atoms with E-state index in [9.17, 15) is 9.18 Å². The Balaban J connectivity index is 1.61. The number of aromatic amines is 1. The van der Waals surface area contributed by atoms with E-state index in [0.29, 0.717) is 18.5 Å². The topological polar surface area (TPSA) is 57.8 Å². The van der Waals surface area contributed by atoms with Crippen LogP contribution in [-0.2, 0) is 6.42 Å². The quantitative estimate of drug-likeness (QED) is 0.773. The molecule has 0 radical (unpaired) electrons. The molecule has 0 aliphatic rings. The molecular formula is C16H14FN3O. The first-order valence-electron chi connectivity index (χ1n) is 6.68. The summed E-state index contributed by atoms with van der Waals surface area (Å²) >= 11 is 0. The maximum absolute atomic E-state index is 13.0. The van der Waals surface area contributed by atoms with Gasteiger partial charge in [0.2, 0.25) is 0 Å². The molecule has 0 saturated carbocycles. The second-order valence-corrected chi connectivity index (χ2v) is 4.77. The molecule has 2 aromatic carbocycles. The van der Waals surface area contributed by atoms with Gasteiger partial charge in [-0.2, -0.15) is 0 Å². The maximum atomic E-state index is 13.0. The molecule has 0 unspecified atom stereocenters. The fraction of sp³-hybridized carbons (Fsp3) is 0.125. The van der Waals surface area contributed by atoms with Gasteiger partial charge in [0.05, 0.1) is 17.4 Å². The molecule has 0 saturated heterocycles. The van der Waals surface area contributed by atoms with Gasteiger partial charge in [0.1, 0.15) is 5.82 Å². The van der Waals surface area contributed by atoms with Gasteiger partial charge >= 0.3 is 0 Å². The van der Waals surface area contributed by atoms with Crippen molar-refractivity contribution in [1.82, 2.24) is 15.3 Å². The Hall–Kier alpha value is -2.69. The number of hydrogen-bond donors (Lipinski definition) is 2.